The lowest BCUT2D eigenvalue weighted by atomic mass is 10.2. The van der Waals surface area contributed by atoms with Crippen molar-refractivity contribution in [3.63, 3.8) is 0 Å². The number of ether oxygens (including phenoxy) is 1. The van der Waals surface area contributed by atoms with Crippen molar-refractivity contribution in [1.82, 2.24) is 20.2 Å². The first-order valence-electron chi connectivity index (χ1n) is 6.61. The predicted molar refractivity (Wildman–Crippen MR) is 82.5 cm³/mol. The average Bonchev–Trinajstić information content (AvgIpc) is 3.15. The second-order valence-electron chi connectivity index (χ2n) is 4.25. The molecular weight excluding hydrogens is 286 g/mol. The smallest absolute Gasteiger partial charge is 0.189 e. The van der Waals surface area contributed by atoms with Gasteiger partial charge in [0.1, 0.15) is 5.82 Å². The Morgan fingerprint density at radius 1 is 1.38 bits per heavy atom. The summed E-state index contributed by atoms with van der Waals surface area (Å²) in [6.07, 6.45) is 5.33. The molecule has 0 saturated heterocycles. The Labute approximate surface area is 126 Å². The van der Waals surface area contributed by atoms with Gasteiger partial charge in [0.15, 0.2) is 5.13 Å². The Balaban J connectivity index is 1.88. The highest BCUT2D eigenvalue weighted by atomic mass is 32.1. The van der Waals surface area contributed by atoms with Gasteiger partial charge in [-0.15, -0.1) is 0 Å². The summed E-state index contributed by atoms with van der Waals surface area (Å²) in [5, 5.41) is 10.8. The lowest BCUT2D eigenvalue weighted by Crippen LogP contribution is -1.92. The predicted octanol–water partition coefficient (Wildman–Crippen LogP) is 3.21. The van der Waals surface area contributed by atoms with Crippen molar-refractivity contribution in [3.05, 3.63) is 41.7 Å². The number of nitrogens with one attached hydrogen (secondary N) is 2. The zero-order chi connectivity index (χ0) is 14.5. The topological polar surface area (TPSA) is 75.7 Å². The minimum absolute atomic E-state index is 0.540. The van der Waals surface area contributed by atoms with Crippen LogP contribution in [0.3, 0.4) is 0 Å². The highest BCUT2D eigenvalue weighted by Gasteiger charge is 2.14. The van der Waals surface area contributed by atoms with Crippen LogP contribution in [0, 0.1) is 0 Å². The molecule has 3 rings (SSSR count). The number of rotatable bonds is 6. The minimum atomic E-state index is 0.540. The molecule has 0 aliphatic carbocycles. The van der Waals surface area contributed by atoms with E-state index in [9.17, 15) is 0 Å². The maximum absolute atomic E-state index is 5.52. The number of thiazole rings is 1. The van der Waals surface area contributed by atoms with Gasteiger partial charge in [-0.1, -0.05) is 17.4 Å². The Morgan fingerprint density at radius 3 is 3.05 bits per heavy atom. The maximum Gasteiger partial charge on any atom is 0.189 e. The minimum Gasteiger partial charge on any atom is -0.376 e. The average molecular weight is 301 g/mol. The Bertz CT molecular complexity index is 681. The van der Waals surface area contributed by atoms with Gasteiger partial charge >= 0.3 is 0 Å². The first kappa shape index (κ1) is 13.7. The van der Waals surface area contributed by atoms with Crippen LogP contribution in [0.25, 0.3) is 11.3 Å². The van der Waals surface area contributed by atoms with Crippen LogP contribution < -0.4 is 5.32 Å². The van der Waals surface area contributed by atoms with Crippen LogP contribution in [-0.2, 0) is 11.3 Å². The molecule has 0 saturated carbocycles. The molecule has 7 heteroatoms. The quantitative estimate of drug-likeness (QED) is 0.731. The lowest BCUT2D eigenvalue weighted by molar-refractivity contribution is 0.136. The van der Waals surface area contributed by atoms with Crippen molar-refractivity contribution in [2.45, 2.75) is 13.5 Å². The lowest BCUT2D eigenvalue weighted by Gasteiger charge is -1.99. The summed E-state index contributed by atoms with van der Waals surface area (Å²) >= 11 is 1.56. The molecule has 3 aromatic heterocycles. The number of hydrogen-bond acceptors (Lipinski definition) is 6. The van der Waals surface area contributed by atoms with Crippen LogP contribution in [0.15, 0.2) is 36.8 Å². The molecule has 0 unspecified atom stereocenters. The molecule has 0 bridgehead atoms. The van der Waals surface area contributed by atoms with Crippen LogP contribution in [0.1, 0.15) is 11.8 Å². The zero-order valence-corrected chi connectivity index (χ0v) is 12.4. The molecule has 0 atom stereocenters. The normalized spacial score (nSPS) is 10.7. The van der Waals surface area contributed by atoms with E-state index < -0.39 is 0 Å². The molecule has 108 valence electrons. The Morgan fingerprint density at radius 2 is 2.33 bits per heavy atom. The van der Waals surface area contributed by atoms with Crippen molar-refractivity contribution < 1.29 is 4.74 Å². The van der Waals surface area contributed by atoms with Crippen molar-refractivity contribution in [2.75, 3.05) is 11.9 Å². The van der Waals surface area contributed by atoms with Gasteiger partial charge in [-0.25, -0.2) is 9.97 Å². The van der Waals surface area contributed by atoms with E-state index in [1.807, 2.05) is 31.3 Å². The van der Waals surface area contributed by atoms with E-state index in [4.69, 9.17) is 4.74 Å². The fourth-order valence-electron chi connectivity index (χ4n) is 1.85. The van der Waals surface area contributed by atoms with E-state index >= 15 is 0 Å². The molecule has 0 aliphatic rings. The fraction of sp³-hybridized carbons (Fsp3) is 0.214. The van der Waals surface area contributed by atoms with Crippen LogP contribution in [0.5, 0.6) is 0 Å². The molecule has 0 radical (unpaired) electrons. The molecule has 0 aromatic carbocycles. The third kappa shape index (κ3) is 3.26. The van der Waals surface area contributed by atoms with Crippen molar-refractivity contribution in [2.24, 2.45) is 0 Å². The van der Waals surface area contributed by atoms with E-state index in [0.29, 0.717) is 13.2 Å². The molecule has 3 aromatic rings. The van der Waals surface area contributed by atoms with E-state index in [0.717, 1.165) is 27.1 Å². The zero-order valence-electron chi connectivity index (χ0n) is 11.5. The van der Waals surface area contributed by atoms with Gasteiger partial charge in [0.2, 0.25) is 0 Å². The van der Waals surface area contributed by atoms with E-state index in [2.05, 4.69) is 25.5 Å². The number of H-pyrrole nitrogens is 1. The van der Waals surface area contributed by atoms with E-state index in [1.165, 1.54) is 0 Å². The number of pyridine rings is 1. The molecule has 0 aliphatic heterocycles. The monoisotopic (exact) mass is 301 g/mol. The fourth-order valence-corrected chi connectivity index (χ4v) is 2.78. The number of aromatic amines is 1. The van der Waals surface area contributed by atoms with Gasteiger partial charge in [-0.3, -0.25) is 5.10 Å². The largest absolute Gasteiger partial charge is 0.376 e. The summed E-state index contributed by atoms with van der Waals surface area (Å²) in [5.41, 5.74) is 1.84. The number of nitrogens with zero attached hydrogens (tertiary/aromatic N) is 3. The summed E-state index contributed by atoms with van der Waals surface area (Å²) in [4.78, 5) is 9.94. The molecular formula is C14H15N5OS. The molecule has 0 spiro atoms. The Kier molecular flexibility index (Phi) is 4.23. The van der Waals surface area contributed by atoms with Crippen LogP contribution in [0.2, 0.25) is 0 Å². The summed E-state index contributed by atoms with van der Waals surface area (Å²) in [6, 6.07) is 5.71. The van der Waals surface area contributed by atoms with Crippen LogP contribution >= 0.6 is 11.3 Å². The molecule has 3 heterocycles. The molecule has 6 nitrogen and oxygen atoms in total. The SMILES string of the molecule is CCOCc1sc(Nc2ccccn2)nc1-c1cn[nH]c1. The number of aromatic nitrogens is 4. The van der Waals surface area contributed by atoms with Gasteiger partial charge < -0.3 is 10.1 Å². The van der Waals surface area contributed by atoms with Crippen molar-refractivity contribution >= 4 is 22.3 Å². The van der Waals surface area contributed by atoms with Gasteiger partial charge in [0.25, 0.3) is 0 Å². The summed E-state index contributed by atoms with van der Waals surface area (Å²) in [7, 11) is 0. The van der Waals surface area contributed by atoms with Crippen LogP contribution in [-0.4, -0.2) is 26.8 Å². The molecule has 0 amide bonds. The van der Waals surface area contributed by atoms with Crippen molar-refractivity contribution in [3.8, 4) is 11.3 Å². The van der Waals surface area contributed by atoms with Gasteiger partial charge in [0.05, 0.1) is 23.4 Å². The third-order valence-corrected chi connectivity index (χ3v) is 3.75. The summed E-state index contributed by atoms with van der Waals surface area (Å²) in [6.45, 7) is 3.19. The Hall–Kier alpha value is -2.25. The van der Waals surface area contributed by atoms with Gasteiger partial charge in [0, 0.05) is 24.6 Å². The van der Waals surface area contributed by atoms with Gasteiger partial charge in [-0.2, -0.15) is 5.10 Å². The van der Waals surface area contributed by atoms with Crippen molar-refractivity contribution in [1.29, 1.82) is 0 Å². The van der Waals surface area contributed by atoms with Crippen LogP contribution in [0.4, 0.5) is 10.9 Å². The summed E-state index contributed by atoms with van der Waals surface area (Å²) in [5.74, 6) is 0.771. The third-order valence-electron chi connectivity index (χ3n) is 2.81. The number of anilines is 2. The highest BCUT2D eigenvalue weighted by Crippen LogP contribution is 2.32. The van der Waals surface area contributed by atoms with Gasteiger partial charge in [-0.05, 0) is 19.1 Å². The van der Waals surface area contributed by atoms with E-state index in [-0.39, 0.29) is 0 Å². The van der Waals surface area contributed by atoms with E-state index in [1.54, 1.807) is 23.7 Å². The standard InChI is InChI=1S/C14H15N5OS/c1-2-20-9-11-13(10-7-16-17-8-10)19-14(21-11)18-12-5-3-4-6-15-12/h3-8H,2,9H2,1H3,(H,16,17)(H,15,18,19). The molecule has 2 N–H and O–H groups in total. The summed E-state index contributed by atoms with van der Waals surface area (Å²) < 4.78 is 5.52. The number of hydrogen-bond donors (Lipinski definition) is 2. The molecule has 0 fully saturated rings. The first-order chi connectivity index (χ1) is 10.4. The highest BCUT2D eigenvalue weighted by molar-refractivity contribution is 7.16. The second kappa shape index (κ2) is 6.47. The maximum atomic E-state index is 5.52. The first-order valence-corrected chi connectivity index (χ1v) is 7.43. The second-order valence-corrected chi connectivity index (χ2v) is 5.34. The molecule has 21 heavy (non-hydrogen) atoms.